The number of ether oxygens (including phenoxy) is 3. The third-order valence-corrected chi connectivity index (χ3v) is 13.3. The smallest absolute Gasteiger partial charge is 0.416 e. The quantitative estimate of drug-likeness (QED) is 0.227. The van der Waals surface area contributed by atoms with Gasteiger partial charge in [0.15, 0.2) is 19.1 Å². The van der Waals surface area contributed by atoms with Crippen molar-refractivity contribution in [2.75, 3.05) is 32.3 Å². The monoisotopic (exact) mass is 530 g/mol. The number of amides is 1. The summed E-state index contributed by atoms with van der Waals surface area (Å²) in [5.41, 5.74) is 0.908. The summed E-state index contributed by atoms with van der Waals surface area (Å²) in [4.78, 5) is 31.7. The molecule has 0 aliphatic rings. The van der Waals surface area contributed by atoms with Crippen LogP contribution in [0.15, 0.2) is 0 Å². The third kappa shape index (κ3) is 8.26. The minimum atomic E-state index is -2.08. The molecule has 0 radical (unpaired) electrons. The van der Waals surface area contributed by atoms with E-state index in [0.29, 0.717) is 39.7 Å². The molecule has 35 heavy (non-hydrogen) atoms. The summed E-state index contributed by atoms with van der Waals surface area (Å²) in [6, 6.07) is 0. The molecule has 0 saturated carbocycles. The van der Waals surface area contributed by atoms with Gasteiger partial charge < -0.3 is 18.6 Å². The number of hydrogen-bond acceptors (Lipinski definition) is 8. The molecule has 0 spiro atoms. The Bertz CT molecular complexity index is 813. The average Bonchev–Trinajstić information content (AvgIpc) is 3.14. The van der Waals surface area contributed by atoms with Crippen LogP contribution in [0.5, 0.6) is 0 Å². The van der Waals surface area contributed by atoms with Crippen molar-refractivity contribution in [3.8, 4) is 0 Å². The summed E-state index contributed by atoms with van der Waals surface area (Å²) in [5, 5.41) is 0.364. The zero-order valence-electron chi connectivity index (χ0n) is 23.7. The Kier molecular flexibility index (Phi) is 11.9. The van der Waals surface area contributed by atoms with Gasteiger partial charge in [0.2, 0.25) is 0 Å². The van der Waals surface area contributed by atoms with E-state index < -0.39 is 26.0 Å². The highest BCUT2D eigenvalue weighted by Gasteiger charge is 2.45. The fourth-order valence-electron chi connectivity index (χ4n) is 4.54. The molecule has 1 heterocycles. The molecule has 1 unspecified atom stereocenters. The summed E-state index contributed by atoms with van der Waals surface area (Å²) in [5.74, 6) is -0.520. The molecule has 1 amide bonds. The van der Waals surface area contributed by atoms with E-state index in [0.717, 1.165) is 0 Å². The van der Waals surface area contributed by atoms with Crippen molar-refractivity contribution < 1.29 is 28.2 Å². The zero-order chi connectivity index (χ0) is 27.1. The Labute approximate surface area is 216 Å². The van der Waals surface area contributed by atoms with Crippen molar-refractivity contribution in [1.29, 1.82) is 0 Å². The Hall–Kier alpha value is -1.49. The van der Waals surface area contributed by atoms with Crippen LogP contribution in [0.1, 0.15) is 84.6 Å². The fraction of sp³-hybridized carbons (Fsp3) is 0.800. The fourth-order valence-corrected chi connectivity index (χ4v) is 11.1. The summed E-state index contributed by atoms with van der Waals surface area (Å²) in [7, 11) is 1.15. The maximum atomic E-state index is 12.7. The first-order valence-corrected chi connectivity index (χ1v) is 15.4. The molecule has 1 rings (SSSR count). The second kappa shape index (κ2) is 13.2. The van der Waals surface area contributed by atoms with Crippen LogP contribution in [0.2, 0.25) is 16.6 Å². The van der Waals surface area contributed by atoms with Crippen LogP contribution in [-0.2, 0) is 25.1 Å². The van der Waals surface area contributed by atoms with E-state index in [-0.39, 0.29) is 18.4 Å². The molecule has 8 nitrogen and oxygen atoms in total. The van der Waals surface area contributed by atoms with Crippen LogP contribution >= 0.6 is 11.3 Å². The Morgan fingerprint density at radius 1 is 1.06 bits per heavy atom. The molecule has 1 aromatic rings. The molecule has 10 heteroatoms. The number of aromatic nitrogens is 1. The van der Waals surface area contributed by atoms with Crippen LogP contribution in [0.4, 0.5) is 9.93 Å². The van der Waals surface area contributed by atoms with Gasteiger partial charge in [0.1, 0.15) is 5.60 Å². The lowest BCUT2D eigenvalue weighted by Gasteiger charge is -2.42. The van der Waals surface area contributed by atoms with Gasteiger partial charge in [-0.3, -0.25) is 4.90 Å². The van der Waals surface area contributed by atoms with Gasteiger partial charge in [-0.25, -0.2) is 14.6 Å². The normalized spacial score (nSPS) is 13.5. The van der Waals surface area contributed by atoms with E-state index >= 15 is 0 Å². The second-order valence-corrected chi connectivity index (χ2v) is 17.2. The minimum Gasteiger partial charge on any atom is -0.461 e. The van der Waals surface area contributed by atoms with Crippen LogP contribution < -0.4 is 4.90 Å². The number of rotatable bonds is 12. The number of carbonyl (C=O) groups excluding carboxylic acids is 2. The zero-order valence-corrected chi connectivity index (χ0v) is 25.5. The first-order valence-electron chi connectivity index (χ1n) is 12.4. The lowest BCUT2D eigenvalue weighted by atomic mass is 10.2. The molecule has 0 bridgehead atoms. The molecule has 0 aliphatic heterocycles. The van der Waals surface area contributed by atoms with Crippen molar-refractivity contribution in [3.05, 3.63) is 10.6 Å². The molecular formula is C25H46N2O6SSi. The largest absolute Gasteiger partial charge is 0.461 e. The molecule has 0 N–H and O–H groups in total. The summed E-state index contributed by atoms with van der Waals surface area (Å²) in [6.45, 7) is 21.3. The summed E-state index contributed by atoms with van der Waals surface area (Å²) >= 11 is 1.26. The number of hydrogen-bond donors (Lipinski definition) is 0. The van der Waals surface area contributed by atoms with Gasteiger partial charge in [-0.05, 0) is 44.3 Å². The highest BCUT2D eigenvalue weighted by Crippen LogP contribution is 2.42. The molecule has 0 fully saturated rings. The maximum absolute atomic E-state index is 12.7. The van der Waals surface area contributed by atoms with Gasteiger partial charge in [-0.15, -0.1) is 11.3 Å². The van der Waals surface area contributed by atoms with Gasteiger partial charge in [-0.1, -0.05) is 41.5 Å². The predicted molar refractivity (Wildman–Crippen MR) is 144 cm³/mol. The maximum Gasteiger partial charge on any atom is 0.416 e. The van der Waals surface area contributed by atoms with Gasteiger partial charge in [0.25, 0.3) is 0 Å². The van der Waals surface area contributed by atoms with Crippen molar-refractivity contribution in [2.24, 2.45) is 0 Å². The van der Waals surface area contributed by atoms with E-state index in [1.54, 1.807) is 41.9 Å². The van der Waals surface area contributed by atoms with Crippen molar-refractivity contribution in [3.63, 3.8) is 0 Å². The van der Waals surface area contributed by atoms with E-state index in [1.165, 1.54) is 16.2 Å². The third-order valence-electron chi connectivity index (χ3n) is 6.08. The molecule has 1 aromatic heterocycles. The molecular weight excluding hydrogens is 484 g/mol. The first-order chi connectivity index (χ1) is 16.1. The molecule has 202 valence electrons. The van der Waals surface area contributed by atoms with Crippen LogP contribution in [-0.4, -0.2) is 64.4 Å². The lowest BCUT2D eigenvalue weighted by Crippen LogP contribution is -2.49. The highest BCUT2D eigenvalue weighted by molar-refractivity contribution is 7.16. The Morgan fingerprint density at radius 3 is 2.03 bits per heavy atom. The predicted octanol–water partition coefficient (Wildman–Crippen LogP) is 6.44. The summed E-state index contributed by atoms with van der Waals surface area (Å²) in [6.07, 6.45) is -0.392. The van der Waals surface area contributed by atoms with E-state index in [2.05, 4.69) is 46.5 Å². The van der Waals surface area contributed by atoms with Gasteiger partial charge in [0.05, 0.1) is 19.3 Å². The average molecular weight is 531 g/mol. The van der Waals surface area contributed by atoms with Gasteiger partial charge in [-0.2, -0.15) is 0 Å². The van der Waals surface area contributed by atoms with Gasteiger partial charge in [0, 0.05) is 25.5 Å². The molecule has 0 aliphatic carbocycles. The van der Waals surface area contributed by atoms with Crippen LogP contribution in [0.25, 0.3) is 0 Å². The van der Waals surface area contributed by atoms with Crippen molar-refractivity contribution in [1.82, 2.24) is 4.98 Å². The topological polar surface area (TPSA) is 87.2 Å². The number of thiazole rings is 1. The number of anilines is 1. The van der Waals surface area contributed by atoms with E-state index in [4.69, 9.17) is 18.6 Å². The van der Waals surface area contributed by atoms with Crippen LogP contribution in [0.3, 0.4) is 0 Å². The second-order valence-electron chi connectivity index (χ2n) is 10.7. The standard InChI is InChI=1S/C25H46N2O6SSi/c1-13-31-22(28)21-20(34-23(26-21)27(11)24(29)33-25(8,9)10)14-19(30-12)15-32-35(16(2)3,17(4)5)18(6)7/h16-19H,13-15H2,1-12H3. The highest BCUT2D eigenvalue weighted by atomic mass is 32.1. The van der Waals surface area contributed by atoms with Crippen LogP contribution in [0, 0.1) is 0 Å². The number of methoxy groups -OCH3 is 1. The molecule has 1 atom stereocenters. The first kappa shape index (κ1) is 31.5. The molecule has 0 aromatic carbocycles. The number of esters is 1. The van der Waals surface area contributed by atoms with Gasteiger partial charge >= 0.3 is 12.1 Å². The lowest BCUT2D eigenvalue weighted by molar-refractivity contribution is 0.0485. The number of nitrogens with zero attached hydrogens (tertiary/aromatic N) is 2. The molecule has 0 saturated heterocycles. The minimum absolute atomic E-state index is 0.199. The Balaban J connectivity index is 3.23. The summed E-state index contributed by atoms with van der Waals surface area (Å²) < 4.78 is 23.2. The Morgan fingerprint density at radius 2 is 1.60 bits per heavy atom. The van der Waals surface area contributed by atoms with E-state index in [1.807, 2.05) is 0 Å². The van der Waals surface area contributed by atoms with Crippen molar-refractivity contribution >= 4 is 36.8 Å². The number of carbonyl (C=O) groups is 2. The van der Waals surface area contributed by atoms with E-state index in [9.17, 15) is 9.59 Å². The van der Waals surface area contributed by atoms with Crippen molar-refractivity contribution in [2.45, 2.75) is 104 Å². The SMILES string of the molecule is CCOC(=O)c1nc(N(C)C(=O)OC(C)(C)C)sc1CC(CO[Si](C(C)C)(C(C)C)C(C)C)OC.